The molecule has 0 fully saturated rings. The fourth-order valence-corrected chi connectivity index (χ4v) is 3.73. The minimum Gasteiger partial charge on any atom is -0.247 e. The molecule has 0 amide bonds. The highest BCUT2D eigenvalue weighted by Gasteiger charge is 2.15. The van der Waals surface area contributed by atoms with Crippen LogP contribution in [0.4, 0.5) is 0 Å². The van der Waals surface area contributed by atoms with Crippen LogP contribution in [0.1, 0.15) is 0 Å². The summed E-state index contributed by atoms with van der Waals surface area (Å²) in [5.41, 5.74) is 3.21. The smallest absolute Gasteiger partial charge is 0.165 e. The largest absolute Gasteiger partial charge is 0.247 e. The van der Waals surface area contributed by atoms with Crippen LogP contribution in [-0.4, -0.2) is 19.7 Å². The molecule has 0 atom stereocenters. The van der Waals surface area contributed by atoms with Gasteiger partial charge >= 0.3 is 0 Å². The summed E-state index contributed by atoms with van der Waals surface area (Å²) in [6, 6.07) is 15.4. The Balaban J connectivity index is 1.90. The van der Waals surface area contributed by atoms with E-state index >= 15 is 0 Å². The average molecular weight is 365 g/mol. The third-order valence-corrected chi connectivity index (χ3v) is 4.96. The first-order chi connectivity index (χ1) is 12.2. The molecule has 0 unspecified atom stereocenters. The van der Waals surface area contributed by atoms with Crippen molar-refractivity contribution in [1.82, 2.24) is 19.7 Å². The van der Waals surface area contributed by atoms with Crippen molar-refractivity contribution in [2.45, 2.75) is 0 Å². The molecule has 120 valence electrons. The van der Waals surface area contributed by atoms with Gasteiger partial charge in [-0.1, -0.05) is 47.5 Å². The van der Waals surface area contributed by atoms with Gasteiger partial charge in [0.1, 0.15) is 0 Å². The van der Waals surface area contributed by atoms with Crippen molar-refractivity contribution in [2.24, 2.45) is 0 Å². The SMILES string of the molecule is Clc1cccc2nc3c(cnc4c3cnn4-c3ccccc3)c(Cl)c12. The topological polar surface area (TPSA) is 43.6 Å². The van der Waals surface area contributed by atoms with Crippen LogP contribution in [0.25, 0.3) is 38.5 Å². The van der Waals surface area contributed by atoms with Gasteiger partial charge in [-0.05, 0) is 24.3 Å². The monoisotopic (exact) mass is 364 g/mol. The van der Waals surface area contributed by atoms with Gasteiger partial charge in [-0.2, -0.15) is 5.10 Å². The van der Waals surface area contributed by atoms with E-state index in [0.717, 1.165) is 38.5 Å². The molecule has 2 aromatic carbocycles. The lowest BCUT2D eigenvalue weighted by Crippen LogP contribution is -1.97. The normalized spacial score (nSPS) is 11.6. The Morgan fingerprint density at radius 1 is 0.840 bits per heavy atom. The second-order valence-corrected chi connectivity index (χ2v) is 6.49. The van der Waals surface area contributed by atoms with Crippen molar-refractivity contribution in [3.05, 3.63) is 71.0 Å². The van der Waals surface area contributed by atoms with Crippen molar-refractivity contribution in [3.8, 4) is 5.69 Å². The van der Waals surface area contributed by atoms with Crippen molar-refractivity contribution < 1.29 is 0 Å². The highest BCUT2D eigenvalue weighted by molar-refractivity contribution is 6.45. The molecular weight excluding hydrogens is 355 g/mol. The van der Waals surface area contributed by atoms with Crippen LogP contribution in [0.5, 0.6) is 0 Å². The Kier molecular flexibility index (Phi) is 3.17. The second kappa shape index (κ2) is 5.41. The number of halogens is 2. The van der Waals surface area contributed by atoms with E-state index in [2.05, 4.69) is 10.1 Å². The number of benzene rings is 2. The fourth-order valence-electron chi connectivity index (χ4n) is 3.08. The molecule has 3 aromatic heterocycles. The minimum absolute atomic E-state index is 0.562. The Morgan fingerprint density at radius 2 is 1.68 bits per heavy atom. The molecule has 0 saturated carbocycles. The molecule has 5 rings (SSSR count). The lowest BCUT2D eigenvalue weighted by atomic mass is 10.1. The molecule has 0 radical (unpaired) electrons. The maximum absolute atomic E-state index is 6.61. The minimum atomic E-state index is 0.562. The molecule has 25 heavy (non-hydrogen) atoms. The number of para-hydroxylation sites is 1. The standard InChI is InChI=1S/C19H10Cl2N4/c20-14-7-4-8-15-16(14)17(21)12-9-22-19-13(18(12)24-15)10-23-25(19)11-5-2-1-3-6-11/h1-10H. The first kappa shape index (κ1) is 14.6. The summed E-state index contributed by atoms with van der Waals surface area (Å²) in [7, 11) is 0. The summed E-state index contributed by atoms with van der Waals surface area (Å²) in [4.78, 5) is 9.35. The summed E-state index contributed by atoms with van der Waals surface area (Å²) in [5.74, 6) is 0. The van der Waals surface area contributed by atoms with E-state index in [1.165, 1.54) is 0 Å². The summed E-state index contributed by atoms with van der Waals surface area (Å²) in [5, 5.41) is 7.99. The molecule has 6 heteroatoms. The predicted octanol–water partition coefficient (Wildman–Crippen LogP) is 5.43. The highest BCUT2D eigenvalue weighted by Crippen LogP contribution is 2.36. The lowest BCUT2D eigenvalue weighted by Gasteiger charge is -2.08. The van der Waals surface area contributed by atoms with Crippen LogP contribution in [0.3, 0.4) is 0 Å². The number of fused-ring (bicyclic) bond motifs is 4. The van der Waals surface area contributed by atoms with E-state index in [1.54, 1.807) is 17.1 Å². The maximum atomic E-state index is 6.61. The lowest BCUT2D eigenvalue weighted by molar-refractivity contribution is 0.897. The molecular formula is C19H10Cl2N4. The molecule has 0 aliphatic rings. The van der Waals surface area contributed by atoms with Crippen LogP contribution in [0, 0.1) is 0 Å². The van der Waals surface area contributed by atoms with Crippen LogP contribution >= 0.6 is 23.2 Å². The van der Waals surface area contributed by atoms with Crippen molar-refractivity contribution in [1.29, 1.82) is 0 Å². The molecule has 5 aromatic rings. The number of pyridine rings is 2. The maximum Gasteiger partial charge on any atom is 0.165 e. The van der Waals surface area contributed by atoms with Gasteiger partial charge < -0.3 is 0 Å². The first-order valence-corrected chi connectivity index (χ1v) is 8.45. The average Bonchev–Trinajstić information content (AvgIpc) is 3.07. The van der Waals surface area contributed by atoms with E-state index in [9.17, 15) is 0 Å². The van der Waals surface area contributed by atoms with E-state index < -0.39 is 0 Å². The Bertz CT molecular complexity index is 1260. The van der Waals surface area contributed by atoms with Gasteiger partial charge in [-0.25, -0.2) is 14.6 Å². The molecule has 4 nitrogen and oxygen atoms in total. The molecule has 0 bridgehead atoms. The predicted molar refractivity (Wildman–Crippen MR) is 102 cm³/mol. The number of nitrogens with zero attached hydrogens (tertiary/aromatic N) is 4. The van der Waals surface area contributed by atoms with Crippen LogP contribution in [-0.2, 0) is 0 Å². The molecule has 0 saturated heterocycles. The molecule has 0 aliphatic carbocycles. The third-order valence-electron chi connectivity index (χ3n) is 4.25. The number of aromatic nitrogens is 4. The zero-order chi connectivity index (χ0) is 17.0. The fraction of sp³-hybridized carbons (Fsp3) is 0. The quantitative estimate of drug-likeness (QED) is 0.372. The van der Waals surface area contributed by atoms with Gasteiger partial charge in [0.05, 0.1) is 38.3 Å². The van der Waals surface area contributed by atoms with Crippen molar-refractivity contribution >= 4 is 56.0 Å². The molecule has 0 spiro atoms. The summed E-state index contributed by atoms with van der Waals surface area (Å²) < 4.78 is 1.80. The van der Waals surface area contributed by atoms with Gasteiger partial charge in [0.25, 0.3) is 0 Å². The van der Waals surface area contributed by atoms with Crippen LogP contribution in [0.2, 0.25) is 10.0 Å². The van der Waals surface area contributed by atoms with E-state index in [1.807, 2.05) is 48.5 Å². The number of rotatable bonds is 1. The summed E-state index contributed by atoms with van der Waals surface area (Å²) >= 11 is 12.9. The van der Waals surface area contributed by atoms with Gasteiger partial charge in [-0.15, -0.1) is 0 Å². The van der Waals surface area contributed by atoms with Crippen molar-refractivity contribution in [2.75, 3.05) is 0 Å². The van der Waals surface area contributed by atoms with Gasteiger partial charge in [0.15, 0.2) is 5.65 Å². The van der Waals surface area contributed by atoms with Crippen molar-refractivity contribution in [3.63, 3.8) is 0 Å². The van der Waals surface area contributed by atoms with Gasteiger partial charge in [-0.3, -0.25) is 0 Å². The zero-order valence-corrected chi connectivity index (χ0v) is 14.3. The summed E-state index contributed by atoms with van der Waals surface area (Å²) in [6.07, 6.45) is 3.51. The number of hydrogen-bond acceptors (Lipinski definition) is 3. The molecule has 3 heterocycles. The zero-order valence-electron chi connectivity index (χ0n) is 12.8. The van der Waals surface area contributed by atoms with Gasteiger partial charge in [0.2, 0.25) is 0 Å². The third kappa shape index (κ3) is 2.11. The van der Waals surface area contributed by atoms with Crippen LogP contribution in [0.15, 0.2) is 60.9 Å². The Hall–Kier alpha value is -2.69. The first-order valence-electron chi connectivity index (χ1n) is 7.69. The van der Waals surface area contributed by atoms with E-state index in [4.69, 9.17) is 28.2 Å². The number of hydrogen-bond donors (Lipinski definition) is 0. The van der Waals surface area contributed by atoms with Gasteiger partial charge in [0, 0.05) is 17.0 Å². The van der Waals surface area contributed by atoms with E-state index in [-0.39, 0.29) is 0 Å². The summed E-state index contributed by atoms with van der Waals surface area (Å²) in [6.45, 7) is 0. The molecule has 0 aliphatic heterocycles. The Labute approximate surface area is 152 Å². The second-order valence-electron chi connectivity index (χ2n) is 5.71. The Morgan fingerprint density at radius 3 is 2.52 bits per heavy atom. The van der Waals surface area contributed by atoms with Crippen LogP contribution < -0.4 is 0 Å². The van der Waals surface area contributed by atoms with E-state index in [0.29, 0.717) is 10.0 Å². The molecule has 0 N–H and O–H groups in total. The highest BCUT2D eigenvalue weighted by atomic mass is 35.5.